The predicted octanol–water partition coefficient (Wildman–Crippen LogP) is 5.53. The third-order valence-electron chi connectivity index (χ3n) is 6.92. The van der Waals surface area contributed by atoms with Crippen molar-refractivity contribution < 1.29 is 4.52 Å². The van der Waals surface area contributed by atoms with Gasteiger partial charge in [0, 0.05) is 18.1 Å². The Morgan fingerprint density at radius 2 is 1.68 bits per heavy atom. The van der Waals surface area contributed by atoms with E-state index in [1.54, 1.807) is 4.57 Å². The van der Waals surface area contributed by atoms with Crippen LogP contribution in [0.4, 0.5) is 5.82 Å². The first-order valence-electron chi connectivity index (χ1n) is 12.1. The van der Waals surface area contributed by atoms with E-state index in [4.69, 9.17) is 10.3 Å². The van der Waals surface area contributed by atoms with Crippen molar-refractivity contribution in [1.29, 1.82) is 0 Å². The standard InChI is InChI=1S/C29H31N3O2/c1-19(2)26-18-24(34-31-26)16-20-13-14-25-23(15-20)17-27(30)32(29(25)33)28(21-9-5-3-6-10-21)22-11-7-4-8-12-22/h3-12,17-20,28H,13-16,30H2,1-2H3. The Morgan fingerprint density at radius 1 is 1.03 bits per heavy atom. The number of hydrogen-bond acceptors (Lipinski definition) is 4. The molecule has 0 fully saturated rings. The van der Waals surface area contributed by atoms with Crippen molar-refractivity contribution in [1.82, 2.24) is 9.72 Å². The minimum Gasteiger partial charge on any atom is -0.385 e. The minimum atomic E-state index is -0.262. The second kappa shape index (κ2) is 9.34. The second-order valence-electron chi connectivity index (χ2n) is 9.66. The summed E-state index contributed by atoms with van der Waals surface area (Å²) in [6, 6.07) is 24.0. The first-order chi connectivity index (χ1) is 16.5. The Morgan fingerprint density at radius 3 is 2.26 bits per heavy atom. The molecule has 0 saturated heterocycles. The van der Waals surface area contributed by atoms with Gasteiger partial charge in [0.15, 0.2) is 0 Å². The highest BCUT2D eigenvalue weighted by molar-refractivity contribution is 5.45. The highest BCUT2D eigenvalue weighted by Gasteiger charge is 2.27. The molecule has 5 nitrogen and oxygen atoms in total. The summed E-state index contributed by atoms with van der Waals surface area (Å²) in [7, 11) is 0. The summed E-state index contributed by atoms with van der Waals surface area (Å²) in [5.74, 6) is 2.19. The molecule has 0 saturated carbocycles. The molecule has 0 amide bonds. The third-order valence-corrected chi connectivity index (χ3v) is 6.92. The number of nitrogens with zero attached hydrogens (tertiary/aromatic N) is 2. The van der Waals surface area contributed by atoms with Crippen LogP contribution < -0.4 is 11.3 Å². The average Bonchev–Trinajstić information content (AvgIpc) is 3.31. The maximum atomic E-state index is 13.8. The molecule has 5 heteroatoms. The molecule has 34 heavy (non-hydrogen) atoms. The van der Waals surface area contributed by atoms with Gasteiger partial charge in [-0.3, -0.25) is 9.36 Å². The van der Waals surface area contributed by atoms with E-state index in [1.165, 1.54) is 0 Å². The van der Waals surface area contributed by atoms with E-state index in [-0.39, 0.29) is 11.6 Å². The molecule has 1 atom stereocenters. The van der Waals surface area contributed by atoms with Crippen LogP contribution in [-0.4, -0.2) is 9.72 Å². The van der Waals surface area contributed by atoms with E-state index in [2.05, 4.69) is 49.3 Å². The van der Waals surface area contributed by atoms with E-state index < -0.39 is 0 Å². The van der Waals surface area contributed by atoms with Gasteiger partial charge in [0.25, 0.3) is 5.56 Å². The van der Waals surface area contributed by atoms with Gasteiger partial charge in [-0.05, 0) is 53.9 Å². The quantitative estimate of drug-likeness (QED) is 0.417. The van der Waals surface area contributed by atoms with Gasteiger partial charge in [-0.25, -0.2) is 0 Å². The van der Waals surface area contributed by atoms with E-state index in [0.717, 1.165) is 59.4 Å². The van der Waals surface area contributed by atoms with E-state index in [1.807, 2.05) is 42.5 Å². The van der Waals surface area contributed by atoms with Crippen LogP contribution in [-0.2, 0) is 19.3 Å². The van der Waals surface area contributed by atoms with Gasteiger partial charge in [-0.15, -0.1) is 0 Å². The lowest BCUT2D eigenvalue weighted by Gasteiger charge is -2.28. The summed E-state index contributed by atoms with van der Waals surface area (Å²) in [4.78, 5) is 13.8. The third kappa shape index (κ3) is 4.30. The van der Waals surface area contributed by atoms with Crippen LogP contribution in [0.1, 0.15) is 65.9 Å². The smallest absolute Gasteiger partial charge is 0.256 e. The number of pyridine rings is 1. The van der Waals surface area contributed by atoms with Crippen LogP contribution in [0.2, 0.25) is 0 Å². The van der Waals surface area contributed by atoms with Crippen LogP contribution >= 0.6 is 0 Å². The van der Waals surface area contributed by atoms with Gasteiger partial charge in [-0.1, -0.05) is 79.7 Å². The zero-order valence-corrected chi connectivity index (χ0v) is 19.8. The number of nitrogens with two attached hydrogens (primary N) is 1. The van der Waals surface area contributed by atoms with Gasteiger partial charge in [0.05, 0.1) is 11.7 Å². The summed E-state index contributed by atoms with van der Waals surface area (Å²) in [6.07, 6.45) is 3.36. The van der Waals surface area contributed by atoms with Crippen LogP contribution in [0.3, 0.4) is 0 Å². The largest absolute Gasteiger partial charge is 0.385 e. The molecule has 4 aromatic rings. The normalized spacial score (nSPS) is 15.6. The molecule has 2 heterocycles. The summed E-state index contributed by atoms with van der Waals surface area (Å²) >= 11 is 0. The molecule has 0 aliphatic heterocycles. The molecular formula is C29H31N3O2. The molecule has 1 unspecified atom stereocenters. The van der Waals surface area contributed by atoms with E-state index in [0.29, 0.717) is 17.7 Å². The molecule has 174 valence electrons. The summed E-state index contributed by atoms with van der Waals surface area (Å²) in [5, 5.41) is 4.19. The molecule has 2 aromatic heterocycles. The lowest BCUT2D eigenvalue weighted by Crippen LogP contribution is -2.34. The number of anilines is 1. The van der Waals surface area contributed by atoms with Crippen LogP contribution in [0, 0.1) is 5.92 Å². The fourth-order valence-corrected chi connectivity index (χ4v) is 5.13. The second-order valence-corrected chi connectivity index (χ2v) is 9.66. The molecule has 5 rings (SSSR count). The number of benzene rings is 2. The van der Waals surface area contributed by atoms with Crippen molar-refractivity contribution in [3.05, 3.63) is 117 Å². The fraction of sp³-hybridized carbons (Fsp3) is 0.310. The Bertz CT molecular complexity index is 1280. The zero-order chi connectivity index (χ0) is 23.7. The molecule has 0 bridgehead atoms. The summed E-state index contributed by atoms with van der Waals surface area (Å²) in [5.41, 5.74) is 11.7. The maximum absolute atomic E-state index is 13.8. The minimum absolute atomic E-state index is 0.0212. The lowest BCUT2D eigenvalue weighted by atomic mass is 9.82. The molecule has 0 spiro atoms. The Kier molecular flexibility index (Phi) is 6.10. The van der Waals surface area contributed by atoms with Crippen molar-refractivity contribution in [2.75, 3.05) is 5.73 Å². The predicted molar refractivity (Wildman–Crippen MR) is 135 cm³/mol. The topological polar surface area (TPSA) is 74.0 Å². The van der Waals surface area contributed by atoms with Crippen LogP contribution in [0.5, 0.6) is 0 Å². The van der Waals surface area contributed by atoms with Crippen molar-refractivity contribution in [3.8, 4) is 0 Å². The van der Waals surface area contributed by atoms with Crippen LogP contribution in [0.15, 0.2) is 82.1 Å². The van der Waals surface area contributed by atoms with Gasteiger partial charge in [0.1, 0.15) is 11.6 Å². The lowest BCUT2D eigenvalue weighted by molar-refractivity contribution is 0.339. The van der Waals surface area contributed by atoms with Gasteiger partial charge >= 0.3 is 0 Å². The van der Waals surface area contributed by atoms with Crippen molar-refractivity contribution in [2.24, 2.45) is 5.92 Å². The Labute approximate surface area is 200 Å². The Hall–Kier alpha value is -3.60. The summed E-state index contributed by atoms with van der Waals surface area (Å²) < 4.78 is 7.35. The fourth-order valence-electron chi connectivity index (χ4n) is 5.13. The average molecular weight is 454 g/mol. The van der Waals surface area contributed by atoms with Gasteiger partial charge in [0.2, 0.25) is 0 Å². The highest BCUT2D eigenvalue weighted by Crippen LogP contribution is 2.32. The number of aromatic nitrogens is 2. The molecule has 2 N–H and O–H groups in total. The SMILES string of the molecule is CC(C)c1cc(CC2CCc3c(cc(N)n(C(c4ccccc4)c4ccccc4)c3=O)C2)on1. The molecule has 2 aromatic carbocycles. The molecule has 0 radical (unpaired) electrons. The monoisotopic (exact) mass is 453 g/mol. The number of nitrogen functional groups attached to an aromatic ring is 1. The maximum Gasteiger partial charge on any atom is 0.256 e. The van der Waals surface area contributed by atoms with Crippen molar-refractivity contribution in [3.63, 3.8) is 0 Å². The first-order valence-corrected chi connectivity index (χ1v) is 12.1. The van der Waals surface area contributed by atoms with Crippen molar-refractivity contribution in [2.45, 2.75) is 51.5 Å². The highest BCUT2D eigenvalue weighted by atomic mass is 16.5. The van der Waals surface area contributed by atoms with E-state index in [9.17, 15) is 4.79 Å². The summed E-state index contributed by atoms with van der Waals surface area (Å²) in [6.45, 7) is 4.23. The van der Waals surface area contributed by atoms with Crippen molar-refractivity contribution >= 4 is 5.82 Å². The Balaban J connectivity index is 1.49. The first kappa shape index (κ1) is 22.2. The molecule has 1 aliphatic rings. The molecule has 1 aliphatic carbocycles. The van der Waals surface area contributed by atoms with Gasteiger partial charge < -0.3 is 10.3 Å². The van der Waals surface area contributed by atoms with Crippen LogP contribution in [0.25, 0.3) is 0 Å². The molecular weight excluding hydrogens is 422 g/mol. The van der Waals surface area contributed by atoms with E-state index >= 15 is 0 Å². The zero-order valence-electron chi connectivity index (χ0n) is 19.8. The van der Waals surface area contributed by atoms with Gasteiger partial charge in [-0.2, -0.15) is 0 Å². The number of hydrogen-bond donors (Lipinski definition) is 1. The number of rotatable bonds is 6. The number of fused-ring (bicyclic) bond motifs is 1.